The molecule has 1 N–H and O–H groups in total. The van der Waals surface area contributed by atoms with Crippen LogP contribution in [-0.2, 0) is 17.6 Å². The van der Waals surface area contributed by atoms with Gasteiger partial charge in [0.2, 0.25) is 0 Å². The van der Waals surface area contributed by atoms with Crippen molar-refractivity contribution in [2.75, 3.05) is 11.9 Å². The first-order chi connectivity index (χ1) is 12.0. The summed E-state index contributed by atoms with van der Waals surface area (Å²) >= 11 is 3.73. The Morgan fingerprint density at radius 3 is 2.76 bits per heavy atom. The molecule has 1 amide bonds. The average molecular weight is 469 g/mol. The molecule has 1 aromatic heterocycles. The normalized spacial score (nSPS) is 13.2. The molecule has 2 aromatic rings. The van der Waals surface area contributed by atoms with Crippen molar-refractivity contribution in [3.63, 3.8) is 0 Å². The second-order valence-corrected chi connectivity index (χ2v) is 8.32. The van der Waals surface area contributed by atoms with Crippen LogP contribution >= 0.6 is 33.9 Å². The van der Waals surface area contributed by atoms with Crippen molar-refractivity contribution in [2.45, 2.75) is 39.5 Å². The molecule has 0 saturated heterocycles. The molecule has 0 aliphatic heterocycles. The topological polar surface area (TPSA) is 55.4 Å². The van der Waals surface area contributed by atoms with E-state index in [4.69, 9.17) is 4.74 Å². The predicted octanol–water partition coefficient (Wildman–Crippen LogP) is 4.97. The minimum atomic E-state index is -0.337. The molecule has 0 spiro atoms. The predicted molar refractivity (Wildman–Crippen MR) is 109 cm³/mol. The number of fused-ring (bicyclic) bond motifs is 1. The van der Waals surface area contributed by atoms with E-state index >= 15 is 0 Å². The molecule has 3 rings (SSSR count). The highest BCUT2D eigenvalue weighted by atomic mass is 127. The molecule has 0 fully saturated rings. The number of carbonyl (C=O) groups excluding carboxylic acids is 2. The summed E-state index contributed by atoms with van der Waals surface area (Å²) in [5, 5.41) is 3.56. The fraction of sp³-hybridized carbons (Fsp3) is 0.368. The first-order valence-corrected chi connectivity index (χ1v) is 10.3. The lowest BCUT2D eigenvalue weighted by atomic mass is 9.95. The third-order valence-corrected chi connectivity index (χ3v) is 6.68. The van der Waals surface area contributed by atoms with Crippen molar-refractivity contribution in [2.24, 2.45) is 0 Å². The van der Waals surface area contributed by atoms with E-state index in [0.29, 0.717) is 22.7 Å². The second-order valence-electron chi connectivity index (χ2n) is 6.05. The van der Waals surface area contributed by atoms with Crippen LogP contribution in [0.4, 0.5) is 5.00 Å². The molecule has 4 nitrogen and oxygen atoms in total. The summed E-state index contributed by atoms with van der Waals surface area (Å²) < 4.78 is 6.27. The van der Waals surface area contributed by atoms with Crippen LogP contribution < -0.4 is 5.32 Å². The average Bonchev–Trinajstić information content (AvgIpc) is 2.95. The highest BCUT2D eigenvalue weighted by molar-refractivity contribution is 14.1. The largest absolute Gasteiger partial charge is 0.462 e. The molecule has 0 radical (unpaired) electrons. The summed E-state index contributed by atoms with van der Waals surface area (Å²) in [6.07, 6.45) is 4.03. The molecule has 25 heavy (non-hydrogen) atoms. The van der Waals surface area contributed by atoms with Crippen LogP contribution in [-0.4, -0.2) is 18.5 Å². The van der Waals surface area contributed by atoms with Gasteiger partial charge in [-0.05, 0) is 85.4 Å². The van der Waals surface area contributed by atoms with E-state index in [-0.39, 0.29) is 11.9 Å². The summed E-state index contributed by atoms with van der Waals surface area (Å²) in [5.74, 6) is -0.530. The Labute approximate surface area is 165 Å². The van der Waals surface area contributed by atoms with Gasteiger partial charge in [0.25, 0.3) is 5.91 Å². The van der Waals surface area contributed by atoms with Gasteiger partial charge in [0.15, 0.2) is 0 Å². The Bertz CT molecular complexity index is 828. The number of thiophene rings is 1. The molecular weight excluding hydrogens is 449 g/mol. The third kappa shape index (κ3) is 3.89. The lowest BCUT2D eigenvalue weighted by Gasteiger charge is -2.12. The Hall–Kier alpha value is -1.41. The van der Waals surface area contributed by atoms with E-state index in [1.807, 2.05) is 25.1 Å². The van der Waals surface area contributed by atoms with Crippen molar-refractivity contribution in [1.29, 1.82) is 0 Å². The zero-order valence-electron chi connectivity index (χ0n) is 14.3. The summed E-state index contributed by atoms with van der Waals surface area (Å²) in [6.45, 7) is 4.13. The molecule has 1 aliphatic rings. The van der Waals surface area contributed by atoms with Crippen LogP contribution in [0, 0.1) is 10.5 Å². The molecule has 1 aromatic carbocycles. The van der Waals surface area contributed by atoms with Crippen LogP contribution in [0.1, 0.15) is 56.5 Å². The van der Waals surface area contributed by atoms with Crippen LogP contribution in [0.25, 0.3) is 0 Å². The molecule has 0 atom stereocenters. The van der Waals surface area contributed by atoms with Crippen molar-refractivity contribution < 1.29 is 14.3 Å². The maximum absolute atomic E-state index is 12.7. The maximum Gasteiger partial charge on any atom is 0.341 e. The van der Waals surface area contributed by atoms with Gasteiger partial charge in [-0.25, -0.2) is 4.79 Å². The molecule has 132 valence electrons. The maximum atomic E-state index is 12.7. The smallest absolute Gasteiger partial charge is 0.341 e. The zero-order valence-corrected chi connectivity index (χ0v) is 17.3. The van der Waals surface area contributed by atoms with Gasteiger partial charge in [0.05, 0.1) is 12.2 Å². The standard InChI is InChI=1S/C19H20INO3S/c1-3-24-19(23)16-13-6-4-5-7-15(13)25-18(16)21-17(22)12-9-8-11(2)14(20)10-12/h8-10H,3-7H2,1-2H3,(H,21,22). The quantitative estimate of drug-likeness (QED) is 0.508. The van der Waals surface area contributed by atoms with Crippen LogP contribution in [0.5, 0.6) is 0 Å². The Morgan fingerprint density at radius 2 is 2.04 bits per heavy atom. The van der Waals surface area contributed by atoms with Gasteiger partial charge in [-0.15, -0.1) is 11.3 Å². The van der Waals surface area contributed by atoms with Gasteiger partial charge in [-0.2, -0.15) is 0 Å². The van der Waals surface area contributed by atoms with Crippen LogP contribution in [0.3, 0.4) is 0 Å². The number of amides is 1. The SMILES string of the molecule is CCOC(=O)c1c(NC(=O)c2ccc(C)c(I)c2)sc2c1CCCC2. The van der Waals surface area contributed by atoms with E-state index in [9.17, 15) is 9.59 Å². The summed E-state index contributed by atoms with van der Waals surface area (Å²) in [7, 11) is 0. The monoisotopic (exact) mass is 469 g/mol. The van der Waals surface area contributed by atoms with Gasteiger partial charge in [0, 0.05) is 14.0 Å². The molecule has 0 bridgehead atoms. The number of esters is 1. The number of aryl methyl sites for hydroxylation is 2. The van der Waals surface area contributed by atoms with Gasteiger partial charge >= 0.3 is 5.97 Å². The number of benzene rings is 1. The summed E-state index contributed by atoms with van der Waals surface area (Å²) in [5.41, 5.74) is 3.34. The number of anilines is 1. The number of nitrogens with one attached hydrogen (secondary N) is 1. The number of rotatable bonds is 4. The highest BCUT2D eigenvalue weighted by Gasteiger charge is 2.27. The zero-order chi connectivity index (χ0) is 18.0. The molecule has 1 aliphatic carbocycles. The van der Waals surface area contributed by atoms with Crippen molar-refractivity contribution in [3.8, 4) is 0 Å². The fourth-order valence-electron chi connectivity index (χ4n) is 2.98. The lowest BCUT2D eigenvalue weighted by Crippen LogP contribution is -2.16. The molecule has 0 saturated carbocycles. The molecule has 0 unspecified atom stereocenters. The number of carbonyl (C=O) groups is 2. The van der Waals surface area contributed by atoms with E-state index in [2.05, 4.69) is 27.9 Å². The fourth-order valence-corrected chi connectivity index (χ4v) is 4.77. The first kappa shape index (κ1) is 18.4. The Morgan fingerprint density at radius 1 is 1.28 bits per heavy atom. The first-order valence-electron chi connectivity index (χ1n) is 8.40. The Balaban J connectivity index is 1.93. The van der Waals surface area contributed by atoms with E-state index in [0.717, 1.165) is 40.4 Å². The minimum absolute atomic E-state index is 0.193. The van der Waals surface area contributed by atoms with Crippen LogP contribution in [0.2, 0.25) is 0 Å². The van der Waals surface area contributed by atoms with Gasteiger partial charge < -0.3 is 10.1 Å². The van der Waals surface area contributed by atoms with Crippen molar-refractivity contribution >= 4 is 50.8 Å². The number of ether oxygens (including phenoxy) is 1. The van der Waals surface area contributed by atoms with Gasteiger partial charge in [0.1, 0.15) is 5.00 Å². The van der Waals surface area contributed by atoms with E-state index in [1.54, 1.807) is 6.92 Å². The number of hydrogen-bond acceptors (Lipinski definition) is 4. The molecular formula is C19H20INO3S. The van der Waals surface area contributed by atoms with E-state index < -0.39 is 0 Å². The molecule has 1 heterocycles. The van der Waals surface area contributed by atoms with Crippen molar-refractivity contribution in [1.82, 2.24) is 0 Å². The van der Waals surface area contributed by atoms with Crippen molar-refractivity contribution in [3.05, 3.63) is 48.9 Å². The minimum Gasteiger partial charge on any atom is -0.462 e. The number of hydrogen-bond donors (Lipinski definition) is 1. The van der Waals surface area contributed by atoms with E-state index in [1.165, 1.54) is 16.2 Å². The number of halogens is 1. The summed E-state index contributed by atoms with van der Waals surface area (Å²) in [6, 6.07) is 5.61. The van der Waals surface area contributed by atoms with Crippen LogP contribution in [0.15, 0.2) is 18.2 Å². The second kappa shape index (κ2) is 7.86. The van der Waals surface area contributed by atoms with Gasteiger partial charge in [-0.3, -0.25) is 4.79 Å². The Kier molecular flexibility index (Phi) is 5.78. The lowest BCUT2D eigenvalue weighted by molar-refractivity contribution is 0.0526. The summed E-state index contributed by atoms with van der Waals surface area (Å²) in [4.78, 5) is 26.3. The highest BCUT2D eigenvalue weighted by Crippen LogP contribution is 2.38. The third-order valence-electron chi connectivity index (χ3n) is 4.31. The van der Waals surface area contributed by atoms with Gasteiger partial charge in [-0.1, -0.05) is 6.07 Å². The molecule has 6 heteroatoms.